The molecule has 1 aromatic rings. The minimum atomic E-state index is -0.0965. The molecule has 3 N–H and O–H groups in total. The van der Waals surface area contributed by atoms with Crippen molar-refractivity contribution < 1.29 is 9.59 Å². The zero-order chi connectivity index (χ0) is 17.6. The molecule has 1 aliphatic carbocycles. The van der Waals surface area contributed by atoms with Crippen LogP contribution in [0.1, 0.15) is 50.0 Å². The van der Waals surface area contributed by atoms with Gasteiger partial charge in [-0.15, -0.1) is 10.2 Å². The molecular formula is C17H27N5O2S. The van der Waals surface area contributed by atoms with Crippen LogP contribution >= 0.6 is 11.3 Å². The number of nitrogen functional groups attached to an aromatic ring is 1. The molecule has 1 aromatic heterocycles. The zero-order valence-corrected chi connectivity index (χ0v) is 15.4. The summed E-state index contributed by atoms with van der Waals surface area (Å²) in [5.41, 5.74) is 5.55. The van der Waals surface area contributed by atoms with E-state index in [9.17, 15) is 9.59 Å². The lowest BCUT2D eigenvalue weighted by molar-refractivity contribution is -0.139. The quantitative estimate of drug-likeness (QED) is 0.797. The third-order valence-electron chi connectivity index (χ3n) is 5.19. The van der Waals surface area contributed by atoms with E-state index in [2.05, 4.69) is 15.5 Å². The minimum absolute atomic E-state index is 0.0404. The normalized spacial score (nSPS) is 22.2. The number of carbonyl (C=O) groups excluding carboxylic acids is 2. The van der Waals surface area contributed by atoms with Gasteiger partial charge in [-0.25, -0.2) is 0 Å². The molecule has 2 aliphatic rings. The van der Waals surface area contributed by atoms with Crippen molar-refractivity contribution in [3.63, 3.8) is 0 Å². The molecule has 0 spiro atoms. The molecule has 2 amide bonds. The van der Waals surface area contributed by atoms with Crippen molar-refractivity contribution in [2.24, 2.45) is 11.8 Å². The maximum absolute atomic E-state index is 12.4. The number of hydrogen-bond acceptors (Lipinski definition) is 6. The molecule has 1 saturated heterocycles. The van der Waals surface area contributed by atoms with E-state index < -0.39 is 0 Å². The summed E-state index contributed by atoms with van der Waals surface area (Å²) in [4.78, 5) is 26.6. The predicted molar refractivity (Wildman–Crippen MR) is 96.9 cm³/mol. The van der Waals surface area contributed by atoms with Gasteiger partial charge in [0, 0.05) is 32.5 Å². The second-order valence-corrected chi connectivity index (χ2v) is 8.21. The lowest BCUT2D eigenvalue weighted by atomic mass is 9.87. The Morgan fingerprint density at radius 3 is 2.76 bits per heavy atom. The SMILES string of the molecule is Nc1nnc(CCNC(=O)[C@@H]2CCC(=O)N(CC3CCCCC3)C2)s1. The molecule has 2 heterocycles. The summed E-state index contributed by atoms with van der Waals surface area (Å²) >= 11 is 1.35. The highest BCUT2D eigenvalue weighted by Gasteiger charge is 2.31. The van der Waals surface area contributed by atoms with Gasteiger partial charge in [-0.1, -0.05) is 30.6 Å². The second-order valence-electron chi connectivity index (χ2n) is 7.11. The zero-order valence-electron chi connectivity index (χ0n) is 14.6. The fraction of sp³-hybridized carbons (Fsp3) is 0.765. The first-order chi connectivity index (χ1) is 12.1. The minimum Gasteiger partial charge on any atom is -0.374 e. The number of anilines is 1. The number of carbonyl (C=O) groups is 2. The lowest BCUT2D eigenvalue weighted by Gasteiger charge is -2.35. The first kappa shape index (κ1) is 18.1. The molecule has 25 heavy (non-hydrogen) atoms. The first-order valence-corrected chi connectivity index (χ1v) is 10.1. The van der Waals surface area contributed by atoms with Crippen LogP contribution in [-0.2, 0) is 16.0 Å². The van der Waals surface area contributed by atoms with E-state index in [1.54, 1.807) is 0 Å². The summed E-state index contributed by atoms with van der Waals surface area (Å²) in [6.07, 6.45) is 8.06. The fourth-order valence-electron chi connectivity index (χ4n) is 3.79. The number of aromatic nitrogens is 2. The molecule has 1 atom stereocenters. The number of nitrogens with one attached hydrogen (secondary N) is 1. The van der Waals surface area contributed by atoms with E-state index in [0.29, 0.717) is 43.4 Å². The molecular weight excluding hydrogens is 338 g/mol. The summed E-state index contributed by atoms with van der Waals surface area (Å²) in [6.45, 7) is 1.92. The molecule has 0 radical (unpaired) electrons. The number of amides is 2. The van der Waals surface area contributed by atoms with Gasteiger partial charge in [0.15, 0.2) is 0 Å². The number of likely N-dealkylation sites (tertiary alicyclic amines) is 1. The molecule has 2 fully saturated rings. The molecule has 1 aliphatic heterocycles. The highest BCUT2D eigenvalue weighted by molar-refractivity contribution is 7.15. The summed E-state index contributed by atoms with van der Waals surface area (Å²) in [5.74, 6) is 0.765. The maximum Gasteiger partial charge on any atom is 0.224 e. The van der Waals surface area contributed by atoms with Gasteiger partial charge < -0.3 is 16.0 Å². The number of nitrogens with zero attached hydrogens (tertiary/aromatic N) is 3. The van der Waals surface area contributed by atoms with Crippen LogP contribution in [0.15, 0.2) is 0 Å². The molecule has 3 rings (SSSR count). The van der Waals surface area contributed by atoms with Gasteiger partial charge in [0.2, 0.25) is 16.9 Å². The van der Waals surface area contributed by atoms with Crippen molar-refractivity contribution in [1.82, 2.24) is 20.4 Å². The Morgan fingerprint density at radius 2 is 2.04 bits per heavy atom. The molecule has 0 unspecified atom stereocenters. The van der Waals surface area contributed by atoms with Crippen LogP contribution in [0.4, 0.5) is 5.13 Å². The predicted octanol–water partition coefficient (Wildman–Crippen LogP) is 1.60. The van der Waals surface area contributed by atoms with Crippen LogP contribution in [-0.4, -0.2) is 46.5 Å². The standard InChI is InChI=1S/C17H27N5O2S/c18-17-21-20-14(25-17)8-9-19-16(24)13-6-7-15(23)22(11-13)10-12-4-2-1-3-5-12/h12-13H,1-11H2,(H2,18,21)(H,19,24)/t13-/m1/s1. The van der Waals surface area contributed by atoms with E-state index in [-0.39, 0.29) is 17.7 Å². The number of piperidine rings is 1. The van der Waals surface area contributed by atoms with E-state index in [1.807, 2.05) is 4.90 Å². The van der Waals surface area contributed by atoms with E-state index in [1.165, 1.54) is 43.4 Å². The van der Waals surface area contributed by atoms with Crippen LogP contribution in [0, 0.1) is 11.8 Å². The van der Waals surface area contributed by atoms with Crippen molar-refractivity contribution in [2.75, 3.05) is 25.4 Å². The van der Waals surface area contributed by atoms with Gasteiger partial charge in [0.05, 0.1) is 5.92 Å². The van der Waals surface area contributed by atoms with Crippen LogP contribution in [0.5, 0.6) is 0 Å². The average Bonchev–Trinajstić information content (AvgIpc) is 3.03. The maximum atomic E-state index is 12.4. The second kappa shape index (κ2) is 8.60. The smallest absolute Gasteiger partial charge is 0.224 e. The number of nitrogens with two attached hydrogens (primary N) is 1. The van der Waals surface area contributed by atoms with Crippen molar-refractivity contribution in [3.8, 4) is 0 Å². The molecule has 1 saturated carbocycles. The highest BCUT2D eigenvalue weighted by atomic mass is 32.1. The van der Waals surface area contributed by atoms with Gasteiger partial charge in [0.1, 0.15) is 5.01 Å². The van der Waals surface area contributed by atoms with Crippen LogP contribution in [0.25, 0.3) is 0 Å². The Bertz CT molecular complexity index is 600. The van der Waals surface area contributed by atoms with Crippen LogP contribution in [0.3, 0.4) is 0 Å². The summed E-state index contributed by atoms with van der Waals surface area (Å²) in [5, 5.41) is 12.0. The monoisotopic (exact) mass is 365 g/mol. The number of rotatable bonds is 6. The summed E-state index contributed by atoms with van der Waals surface area (Å²) < 4.78 is 0. The Morgan fingerprint density at radius 1 is 1.24 bits per heavy atom. The molecule has 7 nitrogen and oxygen atoms in total. The molecule has 8 heteroatoms. The molecule has 138 valence electrons. The van der Waals surface area contributed by atoms with Crippen molar-refractivity contribution >= 4 is 28.3 Å². The fourth-order valence-corrected chi connectivity index (χ4v) is 4.40. The Hall–Kier alpha value is -1.70. The van der Waals surface area contributed by atoms with Gasteiger partial charge in [0.25, 0.3) is 0 Å². The Labute approximate surface area is 152 Å². The van der Waals surface area contributed by atoms with E-state index in [0.717, 1.165) is 11.6 Å². The molecule has 0 aromatic carbocycles. The Balaban J connectivity index is 1.44. The van der Waals surface area contributed by atoms with Gasteiger partial charge >= 0.3 is 0 Å². The van der Waals surface area contributed by atoms with Crippen LogP contribution < -0.4 is 11.1 Å². The van der Waals surface area contributed by atoms with Gasteiger partial charge in [-0.05, 0) is 25.2 Å². The van der Waals surface area contributed by atoms with Crippen LogP contribution in [0.2, 0.25) is 0 Å². The third kappa shape index (κ3) is 5.14. The number of hydrogen-bond donors (Lipinski definition) is 2. The van der Waals surface area contributed by atoms with Gasteiger partial charge in [-0.3, -0.25) is 9.59 Å². The first-order valence-electron chi connectivity index (χ1n) is 9.25. The topological polar surface area (TPSA) is 101 Å². The van der Waals surface area contributed by atoms with Crippen molar-refractivity contribution in [3.05, 3.63) is 5.01 Å². The Kier molecular flexibility index (Phi) is 6.23. The van der Waals surface area contributed by atoms with Crippen molar-refractivity contribution in [2.45, 2.75) is 51.4 Å². The van der Waals surface area contributed by atoms with Crippen molar-refractivity contribution in [1.29, 1.82) is 0 Å². The average molecular weight is 366 g/mol. The van der Waals surface area contributed by atoms with E-state index >= 15 is 0 Å². The summed E-state index contributed by atoms with van der Waals surface area (Å²) in [7, 11) is 0. The highest BCUT2D eigenvalue weighted by Crippen LogP contribution is 2.27. The van der Waals surface area contributed by atoms with Gasteiger partial charge in [-0.2, -0.15) is 0 Å². The summed E-state index contributed by atoms with van der Waals surface area (Å²) in [6, 6.07) is 0. The molecule has 0 bridgehead atoms. The largest absolute Gasteiger partial charge is 0.374 e. The lowest BCUT2D eigenvalue weighted by Crippen LogP contribution is -2.47. The van der Waals surface area contributed by atoms with E-state index in [4.69, 9.17) is 5.73 Å². The third-order valence-corrected chi connectivity index (χ3v) is 6.01.